The van der Waals surface area contributed by atoms with Crippen LogP contribution in [0.3, 0.4) is 0 Å². The summed E-state index contributed by atoms with van der Waals surface area (Å²) in [6.45, 7) is 2.28. The average Bonchev–Trinajstić information content (AvgIpc) is 2.70. The molecular formula is C26H46N2O. The molecule has 1 atom stereocenters. The summed E-state index contributed by atoms with van der Waals surface area (Å²) in [6, 6.07) is 8.14. The summed E-state index contributed by atoms with van der Waals surface area (Å²) in [7, 11) is 4.03. The van der Waals surface area contributed by atoms with E-state index in [1.807, 2.05) is 26.2 Å². The van der Waals surface area contributed by atoms with E-state index in [0.29, 0.717) is 0 Å². The molecule has 0 saturated heterocycles. The normalized spacial score (nSPS) is 12.1. The van der Waals surface area contributed by atoms with E-state index in [1.54, 1.807) is 0 Å². The molecule has 0 aromatic heterocycles. The number of anilines is 1. The van der Waals surface area contributed by atoms with E-state index in [9.17, 15) is 4.79 Å². The van der Waals surface area contributed by atoms with E-state index >= 15 is 0 Å². The SMILES string of the molecule is CCCCCCCCCCCCCCCCC(C(N)=O)c1ccccc1N(C)C. The molecule has 0 heterocycles. The summed E-state index contributed by atoms with van der Waals surface area (Å²) >= 11 is 0. The van der Waals surface area contributed by atoms with Crippen LogP contribution in [0.2, 0.25) is 0 Å². The quantitative estimate of drug-likeness (QED) is 0.264. The minimum absolute atomic E-state index is 0.175. The second-order valence-corrected chi connectivity index (χ2v) is 8.79. The highest BCUT2D eigenvalue weighted by molar-refractivity contribution is 5.84. The van der Waals surface area contributed by atoms with Crippen molar-refractivity contribution in [3.8, 4) is 0 Å². The smallest absolute Gasteiger partial charge is 0.225 e. The first kappa shape index (κ1) is 25.5. The average molecular weight is 403 g/mol. The number of para-hydroxylation sites is 1. The molecule has 29 heavy (non-hydrogen) atoms. The van der Waals surface area contributed by atoms with Crippen LogP contribution in [0.5, 0.6) is 0 Å². The minimum atomic E-state index is -0.200. The van der Waals surface area contributed by atoms with Crippen LogP contribution in [0, 0.1) is 0 Å². The van der Waals surface area contributed by atoms with Crippen LogP contribution in [0.15, 0.2) is 24.3 Å². The molecular weight excluding hydrogens is 356 g/mol. The highest BCUT2D eigenvalue weighted by atomic mass is 16.1. The van der Waals surface area contributed by atoms with Crippen molar-refractivity contribution in [2.24, 2.45) is 5.73 Å². The number of amides is 1. The van der Waals surface area contributed by atoms with Crippen LogP contribution in [-0.4, -0.2) is 20.0 Å². The van der Waals surface area contributed by atoms with Crippen molar-refractivity contribution in [3.05, 3.63) is 29.8 Å². The topological polar surface area (TPSA) is 46.3 Å². The van der Waals surface area contributed by atoms with Crippen molar-refractivity contribution in [1.29, 1.82) is 0 Å². The van der Waals surface area contributed by atoms with E-state index in [1.165, 1.54) is 83.5 Å². The highest BCUT2D eigenvalue weighted by Crippen LogP contribution is 2.30. The molecule has 0 aliphatic heterocycles. The summed E-state index contributed by atoms with van der Waals surface area (Å²) in [5, 5.41) is 0. The number of hydrogen-bond donors (Lipinski definition) is 1. The third kappa shape index (κ3) is 11.3. The van der Waals surface area contributed by atoms with E-state index in [0.717, 1.165) is 24.1 Å². The van der Waals surface area contributed by atoms with Gasteiger partial charge in [0.05, 0.1) is 5.92 Å². The largest absolute Gasteiger partial charge is 0.377 e. The van der Waals surface area contributed by atoms with E-state index in [-0.39, 0.29) is 11.8 Å². The molecule has 0 fully saturated rings. The molecule has 1 aromatic rings. The zero-order valence-corrected chi connectivity index (χ0v) is 19.4. The Bertz CT molecular complexity index is 541. The van der Waals surface area contributed by atoms with Gasteiger partial charge in [0.15, 0.2) is 0 Å². The lowest BCUT2D eigenvalue weighted by Crippen LogP contribution is -2.23. The summed E-state index contributed by atoms with van der Waals surface area (Å²) in [4.78, 5) is 14.1. The molecule has 0 aliphatic rings. The molecule has 0 saturated carbocycles. The maximum atomic E-state index is 12.0. The zero-order chi connectivity index (χ0) is 21.3. The van der Waals surface area contributed by atoms with Crippen molar-refractivity contribution < 1.29 is 4.79 Å². The van der Waals surface area contributed by atoms with Gasteiger partial charge in [-0.2, -0.15) is 0 Å². The fourth-order valence-electron chi connectivity index (χ4n) is 4.18. The summed E-state index contributed by atoms with van der Waals surface area (Å²) in [5.74, 6) is -0.375. The molecule has 3 nitrogen and oxygen atoms in total. The third-order valence-corrected chi connectivity index (χ3v) is 5.98. The van der Waals surface area contributed by atoms with Crippen LogP contribution in [0.4, 0.5) is 5.69 Å². The standard InChI is InChI=1S/C26H46N2O/c1-4-5-6-7-8-9-10-11-12-13-14-15-16-17-21-24(26(27)29)23-20-18-19-22-25(23)28(2)3/h18-20,22,24H,4-17,21H2,1-3H3,(H2,27,29). The van der Waals surface area contributed by atoms with Gasteiger partial charge < -0.3 is 10.6 Å². The Balaban J connectivity index is 2.12. The monoisotopic (exact) mass is 402 g/mol. The van der Waals surface area contributed by atoms with Crippen LogP contribution < -0.4 is 10.6 Å². The van der Waals surface area contributed by atoms with Gasteiger partial charge in [-0.1, -0.05) is 115 Å². The molecule has 1 rings (SSSR count). The zero-order valence-electron chi connectivity index (χ0n) is 19.4. The van der Waals surface area contributed by atoms with E-state index < -0.39 is 0 Å². The number of unbranched alkanes of at least 4 members (excludes halogenated alkanes) is 13. The van der Waals surface area contributed by atoms with Crippen molar-refractivity contribution in [2.75, 3.05) is 19.0 Å². The number of benzene rings is 1. The molecule has 0 bridgehead atoms. The first-order valence-corrected chi connectivity index (χ1v) is 12.1. The lowest BCUT2D eigenvalue weighted by atomic mass is 9.90. The van der Waals surface area contributed by atoms with Gasteiger partial charge >= 0.3 is 0 Å². The Morgan fingerprint density at radius 2 is 1.24 bits per heavy atom. The van der Waals surface area contributed by atoms with Crippen molar-refractivity contribution in [1.82, 2.24) is 0 Å². The third-order valence-electron chi connectivity index (χ3n) is 5.98. The Labute approximate surface area is 180 Å². The molecule has 166 valence electrons. The molecule has 1 amide bonds. The first-order chi connectivity index (χ1) is 14.1. The second-order valence-electron chi connectivity index (χ2n) is 8.79. The molecule has 2 N–H and O–H groups in total. The number of hydrogen-bond acceptors (Lipinski definition) is 2. The predicted octanol–water partition coefficient (Wildman–Crippen LogP) is 7.19. The van der Waals surface area contributed by atoms with Crippen LogP contribution in [0.25, 0.3) is 0 Å². The number of carbonyl (C=O) groups excluding carboxylic acids is 1. The molecule has 3 heteroatoms. The Morgan fingerprint density at radius 3 is 1.69 bits per heavy atom. The van der Waals surface area contributed by atoms with Gasteiger partial charge in [-0.05, 0) is 18.1 Å². The van der Waals surface area contributed by atoms with Crippen LogP contribution >= 0.6 is 0 Å². The molecule has 0 aliphatic carbocycles. The Hall–Kier alpha value is -1.51. The van der Waals surface area contributed by atoms with Gasteiger partial charge in [0, 0.05) is 19.8 Å². The van der Waals surface area contributed by atoms with Gasteiger partial charge in [0.25, 0.3) is 0 Å². The Kier molecular flexibility index (Phi) is 14.4. The van der Waals surface area contributed by atoms with E-state index in [4.69, 9.17) is 5.73 Å². The summed E-state index contributed by atoms with van der Waals surface area (Å²) < 4.78 is 0. The van der Waals surface area contributed by atoms with E-state index in [2.05, 4.69) is 24.0 Å². The van der Waals surface area contributed by atoms with Gasteiger partial charge in [-0.3, -0.25) is 4.79 Å². The number of rotatable bonds is 18. The molecule has 0 radical (unpaired) electrons. The number of nitrogens with two attached hydrogens (primary N) is 1. The second kappa shape index (κ2) is 16.3. The summed E-state index contributed by atoms with van der Waals surface area (Å²) in [6.07, 6.45) is 19.7. The number of carbonyl (C=O) groups is 1. The maximum absolute atomic E-state index is 12.0. The number of primary amides is 1. The lowest BCUT2D eigenvalue weighted by Gasteiger charge is -2.22. The first-order valence-electron chi connectivity index (χ1n) is 12.1. The maximum Gasteiger partial charge on any atom is 0.225 e. The lowest BCUT2D eigenvalue weighted by molar-refractivity contribution is -0.119. The predicted molar refractivity (Wildman–Crippen MR) is 128 cm³/mol. The van der Waals surface area contributed by atoms with Crippen molar-refractivity contribution in [2.45, 2.75) is 109 Å². The van der Waals surface area contributed by atoms with Crippen LogP contribution in [0.1, 0.15) is 115 Å². The molecule has 0 spiro atoms. The number of nitrogens with zero attached hydrogens (tertiary/aromatic N) is 1. The van der Waals surface area contributed by atoms with Gasteiger partial charge in [-0.25, -0.2) is 0 Å². The highest BCUT2D eigenvalue weighted by Gasteiger charge is 2.20. The fourth-order valence-corrected chi connectivity index (χ4v) is 4.18. The Morgan fingerprint density at radius 1 is 0.793 bits per heavy atom. The van der Waals surface area contributed by atoms with Crippen molar-refractivity contribution in [3.63, 3.8) is 0 Å². The van der Waals surface area contributed by atoms with Gasteiger partial charge in [-0.15, -0.1) is 0 Å². The van der Waals surface area contributed by atoms with Gasteiger partial charge in [0.2, 0.25) is 5.91 Å². The minimum Gasteiger partial charge on any atom is -0.377 e. The van der Waals surface area contributed by atoms with Crippen LogP contribution in [-0.2, 0) is 4.79 Å². The summed E-state index contributed by atoms with van der Waals surface area (Å²) in [5.41, 5.74) is 7.90. The van der Waals surface area contributed by atoms with Crippen molar-refractivity contribution >= 4 is 11.6 Å². The molecule has 1 unspecified atom stereocenters. The molecule has 1 aromatic carbocycles. The van der Waals surface area contributed by atoms with Gasteiger partial charge in [0.1, 0.15) is 0 Å². The fraction of sp³-hybridized carbons (Fsp3) is 0.731.